The van der Waals surface area contributed by atoms with Gasteiger partial charge in [-0.25, -0.2) is 9.97 Å². The summed E-state index contributed by atoms with van der Waals surface area (Å²) in [7, 11) is 5.29. The number of ether oxygens (including phenoxy) is 3. The van der Waals surface area contributed by atoms with Crippen molar-refractivity contribution in [2.45, 2.75) is 25.5 Å². The van der Waals surface area contributed by atoms with Crippen molar-refractivity contribution in [3.63, 3.8) is 0 Å². The van der Waals surface area contributed by atoms with Crippen molar-refractivity contribution in [2.75, 3.05) is 59.0 Å². The minimum absolute atomic E-state index is 0.463. The maximum Gasteiger partial charge on any atom is 0.161 e. The van der Waals surface area contributed by atoms with Crippen LogP contribution in [0.15, 0.2) is 30.6 Å². The summed E-state index contributed by atoms with van der Waals surface area (Å²) in [4.78, 5) is 12.8. The molecule has 1 atom stereocenters. The summed E-state index contributed by atoms with van der Waals surface area (Å²) in [5.74, 6) is 2.27. The van der Waals surface area contributed by atoms with E-state index in [2.05, 4.69) is 19.8 Å². The molecule has 1 saturated heterocycles. The van der Waals surface area contributed by atoms with Crippen LogP contribution in [0.25, 0.3) is 0 Å². The smallest absolute Gasteiger partial charge is 0.161 e. The molecule has 2 aromatic rings. The van der Waals surface area contributed by atoms with E-state index in [1.54, 1.807) is 20.5 Å². The summed E-state index contributed by atoms with van der Waals surface area (Å²) in [6, 6.07) is 7.87. The highest BCUT2D eigenvalue weighted by molar-refractivity contribution is 5.43. The molecule has 1 fully saturated rings. The second-order valence-corrected chi connectivity index (χ2v) is 7.91. The zero-order chi connectivity index (χ0) is 21.6. The molecule has 1 aliphatic heterocycles. The highest BCUT2D eigenvalue weighted by Gasteiger charge is 2.37. The van der Waals surface area contributed by atoms with Crippen LogP contribution in [-0.2, 0) is 11.3 Å². The molecule has 0 saturated carbocycles. The van der Waals surface area contributed by atoms with Gasteiger partial charge in [-0.1, -0.05) is 6.07 Å². The maximum absolute atomic E-state index is 11.1. The maximum atomic E-state index is 11.1. The molecular formula is C22H32N4O4. The van der Waals surface area contributed by atoms with Crippen LogP contribution in [-0.4, -0.2) is 79.7 Å². The predicted molar refractivity (Wildman–Crippen MR) is 115 cm³/mol. The molecule has 8 heteroatoms. The third-order valence-electron chi connectivity index (χ3n) is 5.24. The lowest BCUT2D eigenvalue weighted by Crippen LogP contribution is -2.43. The normalized spacial score (nSPS) is 18.8. The monoisotopic (exact) mass is 416 g/mol. The Kier molecular flexibility index (Phi) is 7.47. The molecule has 0 aliphatic carbocycles. The third-order valence-corrected chi connectivity index (χ3v) is 5.24. The van der Waals surface area contributed by atoms with Gasteiger partial charge < -0.3 is 24.2 Å². The second kappa shape index (κ2) is 10.1. The molecule has 30 heavy (non-hydrogen) atoms. The highest BCUT2D eigenvalue weighted by Crippen LogP contribution is 2.30. The van der Waals surface area contributed by atoms with Crippen molar-refractivity contribution in [3.8, 4) is 11.5 Å². The van der Waals surface area contributed by atoms with Crippen LogP contribution in [0.4, 0.5) is 5.82 Å². The summed E-state index contributed by atoms with van der Waals surface area (Å²) in [6.45, 7) is 5.53. The highest BCUT2D eigenvalue weighted by atomic mass is 16.5. The van der Waals surface area contributed by atoms with Crippen LogP contribution < -0.4 is 14.4 Å². The third kappa shape index (κ3) is 5.81. The van der Waals surface area contributed by atoms with E-state index in [0.717, 1.165) is 23.6 Å². The number of anilines is 1. The van der Waals surface area contributed by atoms with Gasteiger partial charge in [-0.2, -0.15) is 0 Å². The minimum atomic E-state index is -0.780. The molecule has 1 aromatic carbocycles. The molecule has 8 nitrogen and oxygen atoms in total. The lowest BCUT2D eigenvalue weighted by atomic mass is 10.0. The first-order valence-electron chi connectivity index (χ1n) is 10.2. The molecule has 0 spiro atoms. The van der Waals surface area contributed by atoms with Gasteiger partial charge in [0.15, 0.2) is 11.5 Å². The fourth-order valence-corrected chi connectivity index (χ4v) is 3.83. The number of aryl methyl sites for hydroxylation is 1. The molecule has 0 unspecified atom stereocenters. The summed E-state index contributed by atoms with van der Waals surface area (Å²) >= 11 is 0. The van der Waals surface area contributed by atoms with E-state index >= 15 is 0 Å². The first-order chi connectivity index (χ1) is 14.4. The number of hydrogen-bond donors (Lipinski definition) is 1. The summed E-state index contributed by atoms with van der Waals surface area (Å²) in [6.07, 6.45) is 2.28. The Hall–Kier alpha value is -2.42. The van der Waals surface area contributed by atoms with Gasteiger partial charge in [-0.3, -0.25) is 4.90 Å². The summed E-state index contributed by atoms with van der Waals surface area (Å²) in [5.41, 5.74) is 1.24. The van der Waals surface area contributed by atoms with Crippen LogP contribution >= 0.6 is 0 Å². The summed E-state index contributed by atoms with van der Waals surface area (Å²) in [5, 5.41) is 11.1. The number of benzene rings is 1. The van der Waals surface area contributed by atoms with Gasteiger partial charge in [0.2, 0.25) is 0 Å². The van der Waals surface area contributed by atoms with Crippen molar-refractivity contribution >= 4 is 5.82 Å². The van der Waals surface area contributed by atoms with Crippen LogP contribution in [0.3, 0.4) is 0 Å². The van der Waals surface area contributed by atoms with E-state index in [9.17, 15) is 5.11 Å². The number of rotatable bonds is 10. The van der Waals surface area contributed by atoms with E-state index < -0.39 is 5.60 Å². The largest absolute Gasteiger partial charge is 0.493 e. The molecule has 0 radical (unpaired) electrons. The van der Waals surface area contributed by atoms with Gasteiger partial charge in [0.05, 0.1) is 19.3 Å². The Morgan fingerprint density at radius 1 is 1.17 bits per heavy atom. The first kappa shape index (κ1) is 22.3. The van der Waals surface area contributed by atoms with Crippen LogP contribution in [0.5, 0.6) is 11.5 Å². The Labute approximate surface area is 178 Å². The van der Waals surface area contributed by atoms with E-state index in [4.69, 9.17) is 14.2 Å². The quantitative estimate of drug-likeness (QED) is 0.588. The van der Waals surface area contributed by atoms with Crippen LogP contribution in [0.2, 0.25) is 0 Å². The molecule has 3 rings (SSSR count). The zero-order valence-electron chi connectivity index (χ0n) is 18.3. The molecule has 0 bridgehead atoms. The van der Waals surface area contributed by atoms with E-state index in [1.807, 2.05) is 38.2 Å². The number of nitrogens with zero attached hydrogens (tertiary/aromatic N) is 4. The van der Waals surface area contributed by atoms with Gasteiger partial charge in [-0.15, -0.1) is 0 Å². The number of aromatic nitrogens is 2. The standard InChI is InChI=1S/C22H32N4O4/c1-17-11-21(24-16-23-17)26-8-7-22(27,15-26)14-25(2)13-18-5-6-19(29-4)20(12-18)30-10-9-28-3/h5-6,11-12,16,27H,7-10,13-15H2,1-4H3/t22-/m0/s1. The Bertz CT molecular complexity index is 835. The number of β-amino-alcohol motifs (C(OH)–C–C–N with tert-alkyl or cyclic N) is 1. The average molecular weight is 417 g/mol. The Morgan fingerprint density at radius 2 is 2.00 bits per heavy atom. The minimum Gasteiger partial charge on any atom is -0.493 e. The number of methoxy groups -OCH3 is 2. The number of likely N-dealkylation sites (N-methyl/N-ethyl adjacent to an activating group) is 1. The van der Waals surface area contributed by atoms with Crippen molar-refractivity contribution in [2.24, 2.45) is 0 Å². The van der Waals surface area contributed by atoms with E-state index in [0.29, 0.717) is 50.8 Å². The second-order valence-electron chi connectivity index (χ2n) is 7.91. The van der Waals surface area contributed by atoms with Gasteiger partial charge in [0.1, 0.15) is 18.8 Å². The lowest BCUT2D eigenvalue weighted by molar-refractivity contribution is 0.0279. The fourth-order valence-electron chi connectivity index (χ4n) is 3.83. The van der Waals surface area contributed by atoms with Crippen molar-refractivity contribution < 1.29 is 19.3 Å². The zero-order valence-corrected chi connectivity index (χ0v) is 18.3. The Morgan fingerprint density at radius 3 is 2.73 bits per heavy atom. The number of hydrogen-bond acceptors (Lipinski definition) is 8. The molecular weight excluding hydrogens is 384 g/mol. The molecule has 164 valence electrons. The molecule has 2 heterocycles. The van der Waals surface area contributed by atoms with Gasteiger partial charge in [-0.05, 0) is 38.1 Å². The van der Waals surface area contributed by atoms with Gasteiger partial charge in [0.25, 0.3) is 0 Å². The predicted octanol–water partition coefficient (Wildman–Crippen LogP) is 1.89. The average Bonchev–Trinajstić information content (AvgIpc) is 3.10. The molecule has 1 N–H and O–H groups in total. The van der Waals surface area contributed by atoms with Crippen molar-refractivity contribution in [1.29, 1.82) is 0 Å². The van der Waals surface area contributed by atoms with E-state index in [-0.39, 0.29) is 0 Å². The first-order valence-corrected chi connectivity index (χ1v) is 10.2. The van der Waals surface area contributed by atoms with Gasteiger partial charge in [0, 0.05) is 45.0 Å². The Balaban J connectivity index is 1.59. The fraction of sp³-hybridized carbons (Fsp3) is 0.545. The van der Waals surface area contributed by atoms with Gasteiger partial charge >= 0.3 is 0 Å². The molecule has 1 aliphatic rings. The lowest BCUT2D eigenvalue weighted by Gasteiger charge is -2.29. The SMILES string of the molecule is COCCOc1cc(CN(C)C[C@@]2(O)CCN(c3cc(C)ncn3)C2)ccc1OC. The molecule has 1 aromatic heterocycles. The molecule has 0 amide bonds. The topological polar surface area (TPSA) is 80.2 Å². The summed E-state index contributed by atoms with van der Waals surface area (Å²) < 4.78 is 16.2. The van der Waals surface area contributed by atoms with Crippen molar-refractivity contribution in [1.82, 2.24) is 14.9 Å². The van der Waals surface area contributed by atoms with Crippen LogP contribution in [0.1, 0.15) is 17.7 Å². The number of aliphatic hydroxyl groups is 1. The van der Waals surface area contributed by atoms with Crippen molar-refractivity contribution in [3.05, 3.63) is 41.9 Å². The van der Waals surface area contributed by atoms with Crippen LogP contribution in [0, 0.1) is 6.92 Å². The van der Waals surface area contributed by atoms with E-state index in [1.165, 1.54) is 0 Å².